The van der Waals surface area contributed by atoms with Crippen LogP contribution in [0.1, 0.15) is 31.2 Å². The van der Waals surface area contributed by atoms with E-state index in [4.69, 9.17) is 0 Å². The number of allylic oxidation sites excluding steroid dienone is 6. The van der Waals surface area contributed by atoms with Crippen LogP contribution in [0, 0.1) is 23.6 Å². The highest BCUT2D eigenvalue weighted by atomic mass is 19.1. The Kier molecular flexibility index (Phi) is 6.23. The van der Waals surface area contributed by atoms with Crippen molar-refractivity contribution in [1.82, 2.24) is 0 Å². The number of nitrogens with zero attached hydrogens (tertiary/aromatic N) is 1. The Labute approximate surface area is 247 Å². The van der Waals surface area contributed by atoms with Gasteiger partial charge in [0.15, 0.2) is 23.1 Å². The van der Waals surface area contributed by atoms with Crippen molar-refractivity contribution >= 4 is 40.4 Å². The number of anilines is 3. The first-order valence-corrected chi connectivity index (χ1v) is 14.2. The zero-order chi connectivity index (χ0) is 30.0. The van der Waals surface area contributed by atoms with Gasteiger partial charge in [-0.25, -0.2) is 4.39 Å². The smallest absolute Gasteiger partial charge is 0.238 e. The van der Waals surface area contributed by atoms with Crippen LogP contribution in [-0.4, -0.2) is 28.5 Å². The quantitative estimate of drug-likeness (QED) is 0.228. The monoisotopic (exact) mass is 574 g/mol. The van der Waals surface area contributed by atoms with Crippen LogP contribution in [0.4, 0.5) is 21.5 Å². The maximum atomic E-state index is 14.6. The van der Waals surface area contributed by atoms with Gasteiger partial charge >= 0.3 is 0 Å². The van der Waals surface area contributed by atoms with Crippen LogP contribution in [0.15, 0.2) is 107 Å². The summed E-state index contributed by atoms with van der Waals surface area (Å²) in [5.41, 5.74) is 4.18. The van der Waals surface area contributed by atoms with Crippen LogP contribution in [0.3, 0.4) is 0 Å². The topological polar surface area (TPSA) is 104 Å². The number of benzene rings is 3. The van der Waals surface area contributed by atoms with E-state index in [-0.39, 0.29) is 41.8 Å². The minimum Gasteiger partial charge on any atom is -0.505 e. The average Bonchev–Trinajstić information content (AvgIpc) is 3.26. The maximum absolute atomic E-state index is 14.6. The van der Waals surface area contributed by atoms with E-state index in [1.54, 1.807) is 19.1 Å². The Hall–Kier alpha value is -5.11. The Balaban J connectivity index is 1.25. The van der Waals surface area contributed by atoms with Gasteiger partial charge in [-0.2, -0.15) is 0 Å². The van der Waals surface area contributed by atoms with Gasteiger partial charge in [0.05, 0.1) is 17.5 Å². The number of phenols is 1. The first kappa shape index (κ1) is 26.8. The number of nitrogens with one attached hydrogen (secondary N) is 1. The summed E-state index contributed by atoms with van der Waals surface area (Å²) in [5.74, 6) is -5.28. The van der Waals surface area contributed by atoms with Gasteiger partial charge in [0, 0.05) is 34.0 Å². The van der Waals surface area contributed by atoms with Gasteiger partial charge in [0.2, 0.25) is 11.8 Å². The maximum Gasteiger partial charge on any atom is 0.238 e. The molecule has 3 aromatic carbocycles. The third-order valence-corrected chi connectivity index (χ3v) is 9.06. The molecule has 43 heavy (non-hydrogen) atoms. The Morgan fingerprint density at radius 1 is 0.884 bits per heavy atom. The number of phenolic OH excluding ortho intramolecular Hbond substituents is 1. The van der Waals surface area contributed by atoms with Crippen molar-refractivity contribution in [3.8, 4) is 5.75 Å². The fraction of sp³-hybridized carbons (Fsp3) is 0.200. The van der Waals surface area contributed by atoms with E-state index in [2.05, 4.69) is 5.32 Å². The molecule has 0 saturated carbocycles. The summed E-state index contributed by atoms with van der Waals surface area (Å²) in [7, 11) is 0. The Bertz CT molecular complexity index is 1820. The number of Topliss-reactive ketones (excluding diaryl/α,β-unsaturated/α-hetero) is 1. The molecule has 2 N–H and O–H groups in total. The van der Waals surface area contributed by atoms with Crippen LogP contribution in [0.25, 0.3) is 0 Å². The minimum atomic E-state index is -0.846. The normalized spacial score (nSPS) is 24.7. The standard InChI is InChI=1S/C35H27FN2O5/c1-18-15-29(40)32-26(33(18)41)17-25-23(30(32)19-7-14-28(39)27(36)16-19)12-13-24-31(25)35(43)38(34(24)42)22-10-8-21(9-11-22)37-20-5-3-2-4-6-20/h2-12,14-16,24-25,30-31,37,39H,13,17H2,1H3/t24-,25+,30-,31-/m0/s1. The van der Waals surface area contributed by atoms with Crippen molar-refractivity contribution in [2.24, 2.45) is 17.8 Å². The first-order valence-electron chi connectivity index (χ1n) is 14.2. The molecule has 3 aromatic rings. The van der Waals surface area contributed by atoms with E-state index in [0.717, 1.165) is 16.9 Å². The van der Waals surface area contributed by atoms with Crippen molar-refractivity contribution < 1.29 is 28.7 Å². The molecule has 1 aliphatic heterocycles. The number of fused-ring (bicyclic) bond motifs is 3. The van der Waals surface area contributed by atoms with Crippen LogP contribution in [0.2, 0.25) is 0 Å². The predicted octanol–water partition coefficient (Wildman–Crippen LogP) is 5.91. The van der Waals surface area contributed by atoms with E-state index >= 15 is 0 Å². The second-order valence-corrected chi connectivity index (χ2v) is 11.5. The van der Waals surface area contributed by atoms with Gasteiger partial charge < -0.3 is 10.4 Å². The number of halogens is 1. The third kappa shape index (κ3) is 4.24. The number of rotatable bonds is 4. The van der Waals surface area contributed by atoms with Crippen molar-refractivity contribution in [2.75, 3.05) is 10.2 Å². The molecule has 8 heteroatoms. The molecule has 0 unspecified atom stereocenters. The van der Waals surface area contributed by atoms with Crippen LogP contribution in [0.5, 0.6) is 5.75 Å². The molecule has 2 amide bonds. The van der Waals surface area contributed by atoms with Gasteiger partial charge in [-0.3, -0.25) is 24.1 Å². The number of aromatic hydroxyl groups is 1. The molecule has 0 spiro atoms. The fourth-order valence-corrected chi connectivity index (χ4v) is 7.10. The van der Waals surface area contributed by atoms with E-state index in [1.807, 2.05) is 48.5 Å². The molecule has 4 atom stereocenters. The Morgan fingerprint density at radius 3 is 2.33 bits per heavy atom. The lowest BCUT2D eigenvalue weighted by atomic mass is 9.59. The average molecular weight is 575 g/mol. The van der Waals surface area contributed by atoms with Gasteiger partial charge in [0.1, 0.15) is 0 Å². The number of para-hydroxylation sites is 1. The first-order chi connectivity index (χ1) is 20.7. The fourth-order valence-electron chi connectivity index (χ4n) is 7.10. The summed E-state index contributed by atoms with van der Waals surface area (Å²) in [4.78, 5) is 55.8. The molecule has 7 nitrogen and oxygen atoms in total. The number of carbonyl (C=O) groups excluding carboxylic acids is 4. The summed E-state index contributed by atoms with van der Waals surface area (Å²) in [6, 6.07) is 20.6. The van der Waals surface area contributed by atoms with Gasteiger partial charge in [-0.1, -0.05) is 35.9 Å². The summed E-state index contributed by atoms with van der Waals surface area (Å²) in [6.45, 7) is 1.58. The van der Waals surface area contributed by atoms with Crippen LogP contribution >= 0.6 is 0 Å². The highest BCUT2D eigenvalue weighted by molar-refractivity contribution is 6.25. The van der Waals surface area contributed by atoms with Crippen molar-refractivity contribution in [3.05, 3.63) is 119 Å². The molecule has 214 valence electrons. The summed E-state index contributed by atoms with van der Waals surface area (Å²) in [6.07, 6.45) is 3.61. The lowest BCUT2D eigenvalue weighted by molar-refractivity contribution is -0.123. The predicted molar refractivity (Wildman–Crippen MR) is 158 cm³/mol. The highest BCUT2D eigenvalue weighted by Gasteiger charge is 2.56. The number of hydrogen-bond donors (Lipinski definition) is 2. The van der Waals surface area contributed by atoms with Crippen molar-refractivity contribution in [1.29, 1.82) is 0 Å². The molecular weight excluding hydrogens is 547 g/mol. The SMILES string of the molecule is CC1=CC(=O)C2=C(C[C@@H]3C(=CC[C@@H]4C(=O)N(c5ccc(Nc6ccccc6)cc5)C(=O)[C@@H]43)[C@@H]2c2ccc(O)c(F)c2)C1=O. The van der Waals surface area contributed by atoms with Gasteiger partial charge in [-0.15, -0.1) is 0 Å². The highest BCUT2D eigenvalue weighted by Crippen LogP contribution is 2.55. The Morgan fingerprint density at radius 2 is 1.60 bits per heavy atom. The zero-order valence-electron chi connectivity index (χ0n) is 23.2. The minimum absolute atomic E-state index is 0.141. The number of ketones is 2. The van der Waals surface area contributed by atoms with Gasteiger partial charge in [0.25, 0.3) is 0 Å². The molecule has 0 aromatic heterocycles. The molecule has 0 radical (unpaired) electrons. The molecule has 1 saturated heterocycles. The molecular formula is C35H27FN2O5. The third-order valence-electron chi connectivity index (χ3n) is 9.06. The molecule has 0 bridgehead atoms. The lowest BCUT2D eigenvalue weighted by Crippen LogP contribution is -2.39. The van der Waals surface area contributed by atoms with E-state index in [9.17, 15) is 28.7 Å². The number of imide groups is 1. The van der Waals surface area contributed by atoms with Crippen LogP contribution < -0.4 is 10.2 Å². The van der Waals surface area contributed by atoms with Crippen LogP contribution in [-0.2, 0) is 19.2 Å². The van der Waals surface area contributed by atoms with E-state index in [0.29, 0.717) is 22.4 Å². The zero-order valence-corrected chi connectivity index (χ0v) is 23.2. The molecule has 1 fully saturated rings. The number of hydrogen-bond acceptors (Lipinski definition) is 6. The molecule has 3 aliphatic carbocycles. The van der Waals surface area contributed by atoms with Crippen molar-refractivity contribution in [3.63, 3.8) is 0 Å². The molecule has 7 rings (SSSR count). The van der Waals surface area contributed by atoms with Crippen molar-refractivity contribution in [2.45, 2.75) is 25.7 Å². The number of amides is 2. The van der Waals surface area contributed by atoms with E-state index in [1.165, 1.54) is 29.2 Å². The summed E-state index contributed by atoms with van der Waals surface area (Å²) in [5, 5.41) is 13.1. The lowest BCUT2D eigenvalue weighted by Gasteiger charge is -2.42. The van der Waals surface area contributed by atoms with Gasteiger partial charge in [-0.05, 0) is 85.9 Å². The second kappa shape index (κ2) is 10.0. The molecule has 4 aliphatic rings. The summed E-state index contributed by atoms with van der Waals surface area (Å²) < 4.78 is 14.6. The van der Waals surface area contributed by atoms with E-state index < -0.39 is 35.2 Å². The summed E-state index contributed by atoms with van der Waals surface area (Å²) >= 11 is 0. The number of carbonyl (C=O) groups is 4. The molecule has 1 heterocycles. The largest absolute Gasteiger partial charge is 0.505 e. The second-order valence-electron chi connectivity index (χ2n) is 11.5.